The molecule has 0 amide bonds. The third kappa shape index (κ3) is 2.89. The minimum absolute atomic E-state index is 0.570. The Hall–Kier alpha value is -0.670. The highest BCUT2D eigenvalue weighted by molar-refractivity contribution is 7.99. The van der Waals surface area contributed by atoms with Gasteiger partial charge in [0.15, 0.2) is 0 Å². The van der Waals surface area contributed by atoms with Crippen LogP contribution in [0.3, 0.4) is 0 Å². The highest BCUT2D eigenvalue weighted by Gasteiger charge is 2.16. The molecule has 3 heteroatoms. The first-order valence-electron chi connectivity index (χ1n) is 5.40. The van der Waals surface area contributed by atoms with Crippen LogP contribution in [-0.4, -0.2) is 24.7 Å². The van der Waals surface area contributed by atoms with Crippen molar-refractivity contribution >= 4 is 11.8 Å². The van der Waals surface area contributed by atoms with Gasteiger partial charge in [0.25, 0.3) is 0 Å². The highest BCUT2D eigenvalue weighted by Crippen LogP contribution is 2.32. The van der Waals surface area contributed by atoms with E-state index in [1.807, 2.05) is 23.9 Å². The van der Waals surface area contributed by atoms with E-state index in [0.29, 0.717) is 13.2 Å². The van der Waals surface area contributed by atoms with E-state index in [9.17, 15) is 0 Å². The summed E-state index contributed by atoms with van der Waals surface area (Å²) in [6.07, 6.45) is 1.31. The topological polar surface area (TPSA) is 35.2 Å². The molecule has 2 nitrogen and oxygen atoms in total. The summed E-state index contributed by atoms with van der Waals surface area (Å²) in [5, 5.41) is 0. The maximum Gasteiger partial charge on any atom is 0.119 e. The van der Waals surface area contributed by atoms with Gasteiger partial charge in [0, 0.05) is 12.3 Å². The van der Waals surface area contributed by atoms with E-state index in [-0.39, 0.29) is 0 Å². The Morgan fingerprint density at radius 3 is 2.73 bits per heavy atom. The molecule has 1 heterocycles. The lowest BCUT2D eigenvalue weighted by Crippen LogP contribution is -2.10. The number of rotatable bonds is 4. The summed E-state index contributed by atoms with van der Waals surface area (Å²) < 4.78 is 5.44. The van der Waals surface area contributed by atoms with Gasteiger partial charge in [0.1, 0.15) is 12.4 Å². The van der Waals surface area contributed by atoms with Crippen molar-refractivity contribution < 1.29 is 4.74 Å². The van der Waals surface area contributed by atoms with Crippen LogP contribution in [0.2, 0.25) is 0 Å². The average Bonchev–Trinajstić information content (AvgIpc) is 2.80. The van der Waals surface area contributed by atoms with Gasteiger partial charge in [0.2, 0.25) is 0 Å². The Morgan fingerprint density at radius 2 is 2.13 bits per heavy atom. The molecule has 2 rings (SSSR count). The molecule has 0 radical (unpaired) electrons. The Morgan fingerprint density at radius 1 is 1.33 bits per heavy atom. The van der Waals surface area contributed by atoms with Crippen LogP contribution < -0.4 is 10.5 Å². The molecule has 0 spiro atoms. The molecule has 1 aromatic carbocycles. The van der Waals surface area contributed by atoms with Crippen LogP contribution in [0.15, 0.2) is 24.3 Å². The van der Waals surface area contributed by atoms with Gasteiger partial charge in [-0.25, -0.2) is 0 Å². The molecular formula is C12H17NOS. The van der Waals surface area contributed by atoms with Crippen molar-refractivity contribution in [1.29, 1.82) is 0 Å². The third-order valence-corrected chi connectivity index (χ3v) is 3.83. The second-order valence-corrected chi connectivity index (χ2v) is 4.92. The zero-order chi connectivity index (χ0) is 10.5. The number of hydrogen-bond donors (Lipinski definition) is 1. The van der Waals surface area contributed by atoms with Crippen molar-refractivity contribution in [2.24, 2.45) is 5.73 Å². The Labute approximate surface area is 95.2 Å². The summed E-state index contributed by atoms with van der Waals surface area (Å²) in [4.78, 5) is 0. The summed E-state index contributed by atoms with van der Waals surface area (Å²) in [6.45, 7) is 1.17. The number of thioether (sulfide) groups is 1. The van der Waals surface area contributed by atoms with Gasteiger partial charge in [-0.3, -0.25) is 0 Å². The lowest BCUT2D eigenvalue weighted by Gasteiger charge is -2.10. The minimum atomic E-state index is 0.570. The van der Waals surface area contributed by atoms with E-state index < -0.39 is 0 Å². The fourth-order valence-corrected chi connectivity index (χ4v) is 3.07. The van der Waals surface area contributed by atoms with E-state index in [2.05, 4.69) is 12.1 Å². The number of hydrogen-bond acceptors (Lipinski definition) is 3. The van der Waals surface area contributed by atoms with Crippen molar-refractivity contribution in [1.82, 2.24) is 0 Å². The van der Waals surface area contributed by atoms with Crippen LogP contribution in [0.25, 0.3) is 0 Å². The van der Waals surface area contributed by atoms with Gasteiger partial charge in [-0.05, 0) is 35.8 Å². The van der Waals surface area contributed by atoms with E-state index in [0.717, 1.165) is 11.7 Å². The van der Waals surface area contributed by atoms with Crippen LogP contribution in [0.1, 0.15) is 17.9 Å². The maximum absolute atomic E-state index is 5.44. The van der Waals surface area contributed by atoms with Gasteiger partial charge in [-0.2, -0.15) is 11.8 Å². The molecule has 1 fully saturated rings. The first kappa shape index (κ1) is 10.8. The predicted molar refractivity (Wildman–Crippen MR) is 65.7 cm³/mol. The van der Waals surface area contributed by atoms with Gasteiger partial charge in [0.05, 0.1) is 0 Å². The number of ether oxygens (including phenoxy) is 1. The zero-order valence-corrected chi connectivity index (χ0v) is 9.63. The highest BCUT2D eigenvalue weighted by atomic mass is 32.2. The summed E-state index contributed by atoms with van der Waals surface area (Å²) >= 11 is 2.05. The van der Waals surface area contributed by atoms with E-state index >= 15 is 0 Å². The molecule has 1 atom stereocenters. The monoisotopic (exact) mass is 223 g/mol. The van der Waals surface area contributed by atoms with Crippen LogP contribution >= 0.6 is 11.8 Å². The summed E-state index contributed by atoms with van der Waals surface area (Å²) in [7, 11) is 0. The van der Waals surface area contributed by atoms with Gasteiger partial charge in [-0.15, -0.1) is 0 Å². The van der Waals surface area contributed by atoms with Crippen LogP contribution in [0.5, 0.6) is 5.75 Å². The lowest BCUT2D eigenvalue weighted by atomic mass is 9.99. The summed E-state index contributed by atoms with van der Waals surface area (Å²) in [5.41, 5.74) is 6.82. The van der Waals surface area contributed by atoms with E-state index in [4.69, 9.17) is 10.5 Å². The molecule has 1 aliphatic rings. The summed E-state index contributed by atoms with van der Waals surface area (Å²) in [5.74, 6) is 4.24. The number of benzene rings is 1. The normalized spacial score (nSPS) is 20.5. The van der Waals surface area contributed by atoms with Crippen LogP contribution in [0.4, 0.5) is 0 Å². The fourth-order valence-electron chi connectivity index (χ4n) is 1.81. The molecule has 0 bridgehead atoms. The first-order valence-corrected chi connectivity index (χ1v) is 6.56. The molecule has 82 valence electrons. The summed E-state index contributed by atoms with van der Waals surface area (Å²) in [6, 6.07) is 8.47. The maximum atomic E-state index is 5.44. The van der Waals surface area contributed by atoms with Gasteiger partial charge < -0.3 is 10.5 Å². The van der Waals surface area contributed by atoms with Crippen LogP contribution in [0, 0.1) is 0 Å². The Bertz CT molecular complexity index is 293. The molecule has 1 aliphatic heterocycles. The molecular weight excluding hydrogens is 206 g/mol. The molecule has 1 saturated heterocycles. The molecule has 0 saturated carbocycles. The second kappa shape index (κ2) is 5.42. The average molecular weight is 223 g/mol. The molecule has 1 unspecified atom stereocenters. The van der Waals surface area contributed by atoms with Crippen molar-refractivity contribution in [2.75, 3.05) is 24.7 Å². The standard InChI is InChI=1S/C12H17NOS/c13-6-7-14-12-3-1-10(2-4-12)11-5-8-15-9-11/h1-4,11H,5-9,13H2. The first-order chi connectivity index (χ1) is 7.40. The second-order valence-electron chi connectivity index (χ2n) is 3.77. The molecule has 1 aromatic rings. The van der Waals surface area contributed by atoms with Gasteiger partial charge >= 0.3 is 0 Å². The number of nitrogens with two attached hydrogens (primary N) is 1. The predicted octanol–water partition coefficient (Wildman–Crippen LogP) is 2.24. The molecule has 2 N–H and O–H groups in total. The van der Waals surface area contributed by atoms with Crippen molar-refractivity contribution in [3.8, 4) is 5.75 Å². The van der Waals surface area contributed by atoms with E-state index in [1.165, 1.54) is 23.5 Å². The Kier molecular flexibility index (Phi) is 3.92. The smallest absolute Gasteiger partial charge is 0.119 e. The minimum Gasteiger partial charge on any atom is -0.492 e. The van der Waals surface area contributed by atoms with Crippen LogP contribution in [-0.2, 0) is 0 Å². The molecule has 0 aliphatic carbocycles. The SMILES string of the molecule is NCCOc1ccc(C2CCSC2)cc1. The molecule has 0 aromatic heterocycles. The van der Waals surface area contributed by atoms with Crippen molar-refractivity contribution in [3.05, 3.63) is 29.8 Å². The van der Waals surface area contributed by atoms with E-state index in [1.54, 1.807) is 0 Å². The zero-order valence-electron chi connectivity index (χ0n) is 8.82. The lowest BCUT2D eigenvalue weighted by molar-refractivity contribution is 0.328. The fraction of sp³-hybridized carbons (Fsp3) is 0.500. The largest absolute Gasteiger partial charge is 0.492 e. The third-order valence-electron chi connectivity index (χ3n) is 2.67. The quantitative estimate of drug-likeness (QED) is 0.850. The Balaban J connectivity index is 1.96. The van der Waals surface area contributed by atoms with Crippen molar-refractivity contribution in [2.45, 2.75) is 12.3 Å². The van der Waals surface area contributed by atoms with Gasteiger partial charge in [-0.1, -0.05) is 12.1 Å². The van der Waals surface area contributed by atoms with Crippen molar-refractivity contribution in [3.63, 3.8) is 0 Å². The molecule has 15 heavy (non-hydrogen) atoms.